The van der Waals surface area contributed by atoms with Crippen LogP contribution in [0.15, 0.2) is 91.0 Å². The van der Waals surface area contributed by atoms with Crippen LogP contribution in [0.3, 0.4) is 0 Å². The molecule has 3 aromatic carbocycles. The number of rotatable bonds is 7. The molecule has 0 aromatic heterocycles. The fourth-order valence-electron chi connectivity index (χ4n) is 3.84. The van der Waals surface area contributed by atoms with Gasteiger partial charge in [0, 0.05) is 0 Å². The van der Waals surface area contributed by atoms with Crippen molar-refractivity contribution in [1.82, 2.24) is 0 Å². The van der Waals surface area contributed by atoms with Crippen LogP contribution in [0, 0.1) is 0 Å². The molecule has 0 radical (unpaired) electrons. The Morgan fingerprint density at radius 3 is 1.38 bits per heavy atom. The molecule has 0 heterocycles. The number of carbonyl (C=O) groups is 1. The molecule has 0 spiro atoms. The van der Waals surface area contributed by atoms with Crippen molar-refractivity contribution in [2.75, 3.05) is 18.8 Å². The standard InChI is InChI=1S/C22H22BrO2P/c1-25-18-26(22(24)17-23,19-11-5-2-6-12-19,20-13-7-3-8-14-20)21-15-9-4-10-16-21/h2-16H,17-18H2,1H3. The second kappa shape index (κ2) is 7.84. The van der Waals surface area contributed by atoms with E-state index in [0.717, 1.165) is 15.9 Å². The normalized spacial score (nSPS) is 12.9. The van der Waals surface area contributed by atoms with Gasteiger partial charge in [0.25, 0.3) is 0 Å². The first kappa shape index (κ1) is 19.0. The van der Waals surface area contributed by atoms with Crippen molar-refractivity contribution in [3.05, 3.63) is 91.0 Å². The van der Waals surface area contributed by atoms with E-state index in [1.807, 2.05) is 54.6 Å². The minimum absolute atomic E-state index is 0.168. The van der Waals surface area contributed by atoms with E-state index < -0.39 is 6.60 Å². The van der Waals surface area contributed by atoms with E-state index in [9.17, 15) is 4.79 Å². The topological polar surface area (TPSA) is 26.3 Å². The second-order valence-electron chi connectivity index (χ2n) is 6.26. The van der Waals surface area contributed by atoms with E-state index in [2.05, 4.69) is 52.3 Å². The van der Waals surface area contributed by atoms with Crippen LogP contribution in [-0.2, 0) is 9.53 Å². The fraction of sp³-hybridized carbons (Fsp3) is 0.136. The van der Waals surface area contributed by atoms with Gasteiger partial charge >= 0.3 is 163 Å². The first-order valence-electron chi connectivity index (χ1n) is 8.46. The van der Waals surface area contributed by atoms with E-state index in [4.69, 9.17) is 4.74 Å². The number of methoxy groups -OCH3 is 1. The molecule has 26 heavy (non-hydrogen) atoms. The van der Waals surface area contributed by atoms with Gasteiger partial charge in [-0.3, -0.25) is 0 Å². The third kappa shape index (κ3) is 2.66. The average molecular weight is 429 g/mol. The monoisotopic (exact) mass is 428 g/mol. The molecule has 0 amide bonds. The number of carbonyl (C=O) groups excluding carboxylic acids is 1. The van der Waals surface area contributed by atoms with Gasteiger partial charge < -0.3 is 0 Å². The summed E-state index contributed by atoms with van der Waals surface area (Å²) >= 11 is 3.48. The minimum atomic E-state index is -3.50. The molecule has 3 rings (SSSR count). The zero-order chi connectivity index (χ0) is 18.5. The Morgan fingerprint density at radius 2 is 1.12 bits per heavy atom. The van der Waals surface area contributed by atoms with Gasteiger partial charge in [0.1, 0.15) is 0 Å². The molecule has 0 atom stereocenters. The summed E-state index contributed by atoms with van der Waals surface area (Å²) in [6.45, 7) is -3.50. The van der Waals surface area contributed by atoms with E-state index in [1.165, 1.54) is 0 Å². The van der Waals surface area contributed by atoms with Crippen LogP contribution < -0.4 is 15.9 Å². The van der Waals surface area contributed by atoms with Crippen LogP contribution in [0.1, 0.15) is 0 Å². The van der Waals surface area contributed by atoms with E-state index in [0.29, 0.717) is 6.35 Å². The van der Waals surface area contributed by atoms with Crippen LogP contribution in [-0.4, -0.2) is 24.3 Å². The van der Waals surface area contributed by atoms with Gasteiger partial charge in [-0.15, -0.1) is 0 Å². The van der Waals surface area contributed by atoms with Gasteiger partial charge in [0.05, 0.1) is 0 Å². The van der Waals surface area contributed by atoms with Crippen molar-refractivity contribution in [1.29, 1.82) is 0 Å². The Kier molecular flexibility index (Phi) is 5.72. The van der Waals surface area contributed by atoms with Gasteiger partial charge in [-0.2, -0.15) is 0 Å². The van der Waals surface area contributed by atoms with E-state index in [1.54, 1.807) is 7.11 Å². The first-order chi connectivity index (χ1) is 12.7. The zero-order valence-corrected chi connectivity index (χ0v) is 17.2. The Hall–Kier alpha value is -1.80. The van der Waals surface area contributed by atoms with E-state index >= 15 is 0 Å². The van der Waals surface area contributed by atoms with Crippen LogP contribution in [0.25, 0.3) is 0 Å². The second-order valence-corrected chi connectivity index (χ2v) is 11.7. The van der Waals surface area contributed by atoms with Gasteiger partial charge in [-0.1, -0.05) is 0 Å². The SMILES string of the molecule is COCP(C(=O)CBr)(c1ccccc1)(c1ccccc1)c1ccccc1. The third-order valence-electron chi connectivity index (χ3n) is 5.03. The summed E-state index contributed by atoms with van der Waals surface area (Å²) in [5, 5.41) is 3.36. The molecule has 0 aliphatic heterocycles. The molecule has 0 N–H and O–H groups in total. The third-order valence-corrected chi connectivity index (χ3v) is 12.3. The van der Waals surface area contributed by atoms with Crippen molar-refractivity contribution in [2.45, 2.75) is 0 Å². The number of hydrogen-bond donors (Lipinski definition) is 0. The molecule has 0 fully saturated rings. The summed E-state index contributed by atoms with van der Waals surface area (Å²) in [6, 6.07) is 30.3. The quantitative estimate of drug-likeness (QED) is 0.419. The van der Waals surface area contributed by atoms with Crippen molar-refractivity contribution >= 4 is 44.0 Å². The van der Waals surface area contributed by atoms with Crippen molar-refractivity contribution < 1.29 is 9.53 Å². The molecule has 2 nitrogen and oxygen atoms in total. The fourth-order valence-corrected chi connectivity index (χ4v) is 11.1. The number of benzene rings is 3. The summed E-state index contributed by atoms with van der Waals surface area (Å²) in [4.78, 5) is 13.9. The molecule has 0 unspecified atom stereocenters. The summed E-state index contributed by atoms with van der Waals surface area (Å²) < 4.78 is 5.81. The van der Waals surface area contributed by atoms with Gasteiger partial charge in [-0.25, -0.2) is 0 Å². The molecule has 4 heteroatoms. The molecule has 0 saturated heterocycles. The molecule has 0 aliphatic carbocycles. The van der Waals surface area contributed by atoms with Crippen LogP contribution in [0.5, 0.6) is 0 Å². The van der Waals surface area contributed by atoms with Gasteiger partial charge in [-0.05, 0) is 0 Å². The Bertz CT molecular complexity index is 767. The molecule has 0 aliphatic rings. The van der Waals surface area contributed by atoms with Crippen molar-refractivity contribution in [2.24, 2.45) is 0 Å². The summed E-state index contributed by atoms with van der Waals surface area (Å²) in [5.74, 6) is 0. The van der Waals surface area contributed by atoms with Crippen LogP contribution in [0.2, 0.25) is 0 Å². The van der Waals surface area contributed by atoms with Crippen LogP contribution in [0.4, 0.5) is 0 Å². The van der Waals surface area contributed by atoms with Crippen LogP contribution >= 0.6 is 22.5 Å². The molecule has 0 bridgehead atoms. The average Bonchev–Trinajstić information content (AvgIpc) is 2.73. The Balaban J connectivity index is 2.57. The number of halogens is 1. The maximum atomic E-state index is 13.9. The number of ether oxygens (including phenoxy) is 1. The summed E-state index contributed by atoms with van der Waals surface area (Å²) in [7, 11) is 1.68. The molecule has 3 aromatic rings. The predicted molar refractivity (Wildman–Crippen MR) is 116 cm³/mol. The molecule has 0 saturated carbocycles. The molecule has 134 valence electrons. The Labute approximate surface area is 163 Å². The number of hydrogen-bond acceptors (Lipinski definition) is 2. The van der Waals surface area contributed by atoms with Crippen molar-refractivity contribution in [3.8, 4) is 0 Å². The first-order valence-corrected chi connectivity index (χ1v) is 12.0. The van der Waals surface area contributed by atoms with Gasteiger partial charge in [0.2, 0.25) is 0 Å². The molecular formula is C22H22BrO2P. The summed E-state index contributed by atoms with van der Waals surface area (Å²) in [5.41, 5.74) is 0.168. The number of alkyl halides is 1. The van der Waals surface area contributed by atoms with Crippen molar-refractivity contribution in [3.63, 3.8) is 0 Å². The Morgan fingerprint density at radius 1 is 0.769 bits per heavy atom. The molecular weight excluding hydrogens is 407 g/mol. The zero-order valence-electron chi connectivity index (χ0n) is 14.7. The maximum absolute atomic E-state index is 13.9. The predicted octanol–water partition coefficient (Wildman–Crippen LogP) is 4.04. The van der Waals surface area contributed by atoms with Gasteiger partial charge in [0.15, 0.2) is 0 Å². The summed E-state index contributed by atoms with van der Waals surface area (Å²) in [6.07, 6.45) is 0.341. The van der Waals surface area contributed by atoms with E-state index in [-0.39, 0.29) is 10.9 Å².